The minimum absolute atomic E-state index is 0.0951. The van der Waals surface area contributed by atoms with Crippen molar-refractivity contribution in [3.63, 3.8) is 0 Å². The number of hydrogen-bond acceptors (Lipinski definition) is 4. The molecule has 0 spiro atoms. The Morgan fingerprint density at radius 3 is 2.68 bits per heavy atom. The molecule has 5 nitrogen and oxygen atoms in total. The zero-order chi connectivity index (χ0) is 17.9. The summed E-state index contributed by atoms with van der Waals surface area (Å²) in [5, 5.41) is 2.99. The van der Waals surface area contributed by atoms with Gasteiger partial charge in [0.15, 0.2) is 15.6 Å². The Balaban J connectivity index is 1.73. The first kappa shape index (κ1) is 17.7. The lowest BCUT2D eigenvalue weighted by molar-refractivity contribution is 0.0892. The van der Waals surface area contributed by atoms with E-state index in [0.717, 1.165) is 19.3 Å². The highest BCUT2D eigenvalue weighted by Gasteiger charge is 2.25. The van der Waals surface area contributed by atoms with Crippen LogP contribution in [0, 0.1) is 5.92 Å². The van der Waals surface area contributed by atoms with Crippen molar-refractivity contribution in [3.05, 3.63) is 54.0 Å². The number of carbonyl (C=O) groups excluding carboxylic acids is 1. The van der Waals surface area contributed by atoms with E-state index in [2.05, 4.69) is 12.2 Å². The van der Waals surface area contributed by atoms with Gasteiger partial charge < -0.3 is 9.73 Å². The summed E-state index contributed by atoms with van der Waals surface area (Å²) in [6.45, 7) is 2.18. The summed E-state index contributed by atoms with van der Waals surface area (Å²) in [6, 6.07) is 9.91. The predicted octanol–water partition coefficient (Wildman–Crippen LogP) is 3.56. The van der Waals surface area contributed by atoms with E-state index in [-0.39, 0.29) is 28.4 Å². The molecular formula is C19H23NO4S. The molecule has 2 unspecified atom stereocenters. The van der Waals surface area contributed by atoms with Crippen LogP contribution in [-0.2, 0) is 15.6 Å². The fourth-order valence-electron chi connectivity index (χ4n) is 3.38. The molecule has 0 saturated heterocycles. The SMILES string of the molecule is CC1CCCC(NC(=O)c2occc2CS(=O)(=O)c2ccccc2)C1. The Hall–Kier alpha value is -2.08. The highest BCUT2D eigenvalue weighted by Crippen LogP contribution is 2.25. The second-order valence-corrected chi connectivity index (χ2v) is 8.78. The van der Waals surface area contributed by atoms with Gasteiger partial charge in [-0.1, -0.05) is 38.0 Å². The lowest BCUT2D eigenvalue weighted by atomic mass is 9.87. The molecule has 1 saturated carbocycles. The standard InChI is InChI=1S/C19H23NO4S/c1-14-6-5-7-16(12-14)20-19(21)18-15(10-11-24-18)13-25(22,23)17-8-3-2-4-9-17/h2-4,8-11,14,16H,5-7,12-13H2,1H3,(H,20,21). The van der Waals surface area contributed by atoms with Gasteiger partial charge in [0.1, 0.15) is 0 Å². The molecule has 1 fully saturated rings. The maximum Gasteiger partial charge on any atom is 0.287 e. The summed E-state index contributed by atoms with van der Waals surface area (Å²) >= 11 is 0. The molecule has 0 radical (unpaired) electrons. The quantitative estimate of drug-likeness (QED) is 0.883. The number of furan rings is 1. The molecule has 1 heterocycles. The second kappa shape index (κ2) is 7.44. The van der Waals surface area contributed by atoms with E-state index in [9.17, 15) is 13.2 Å². The van der Waals surface area contributed by atoms with Crippen molar-refractivity contribution in [1.29, 1.82) is 0 Å². The van der Waals surface area contributed by atoms with Crippen molar-refractivity contribution < 1.29 is 17.6 Å². The van der Waals surface area contributed by atoms with Crippen LogP contribution in [0.4, 0.5) is 0 Å². The number of nitrogens with one attached hydrogen (secondary N) is 1. The summed E-state index contributed by atoms with van der Waals surface area (Å²) in [6.07, 6.45) is 5.56. The van der Waals surface area contributed by atoms with Gasteiger partial charge in [-0.05, 0) is 37.0 Å². The van der Waals surface area contributed by atoms with Crippen LogP contribution in [0.3, 0.4) is 0 Å². The lowest BCUT2D eigenvalue weighted by Gasteiger charge is -2.27. The van der Waals surface area contributed by atoms with E-state index in [1.807, 2.05) is 0 Å². The minimum atomic E-state index is -3.52. The van der Waals surface area contributed by atoms with Crippen molar-refractivity contribution in [2.75, 3.05) is 0 Å². The molecule has 2 atom stereocenters. The Kier molecular flexibility index (Phi) is 5.27. The van der Waals surface area contributed by atoms with Crippen LogP contribution in [0.5, 0.6) is 0 Å². The molecular weight excluding hydrogens is 338 g/mol. The van der Waals surface area contributed by atoms with Crippen molar-refractivity contribution in [1.82, 2.24) is 5.32 Å². The monoisotopic (exact) mass is 361 g/mol. The highest BCUT2D eigenvalue weighted by molar-refractivity contribution is 7.90. The first-order valence-electron chi connectivity index (χ1n) is 8.61. The van der Waals surface area contributed by atoms with Crippen molar-refractivity contribution in [2.24, 2.45) is 5.92 Å². The summed E-state index contributed by atoms with van der Waals surface area (Å²) in [4.78, 5) is 12.8. The molecule has 3 rings (SSSR count). The van der Waals surface area contributed by atoms with E-state index in [0.29, 0.717) is 11.5 Å². The van der Waals surface area contributed by atoms with Gasteiger partial charge in [-0.25, -0.2) is 8.42 Å². The molecule has 1 N–H and O–H groups in total. The third kappa shape index (κ3) is 4.31. The van der Waals surface area contributed by atoms with Gasteiger partial charge in [0.05, 0.1) is 16.9 Å². The number of sulfone groups is 1. The fraction of sp³-hybridized carbons (Fsp3) is 0.421. The van der Waals surface area contributed by atoms with Crippen LogP contribution in [-0.4, -0.2) is 20.4 Å². The number of amides is 1. The summed E-state index contributed by atoms with van der Waals surface area (Å²) in [5.41, 5.74) is 0.394. The number of rotatable bonds is 5. The Morgan fingerprint density at radius 1 is 1.20 bits per heavy atom. The third-order valence-electron chi connectivity index (χ3n) is 4.67. The average molecular weight is 361 g/mol. The third-order valence-corrected chi connectivity index (χ3v) is 6.35. The molecule has 2 aromatic rings. The first-order chi connectivity index (χ1) is 12.0. The van der Waals surface area contributed by atoms with Crippen molar-refractivity contribution in [3.8, 4) is 0 Å². The van der Waals surface area contributed by atoms with Crippen molar-refractivity contribution >= 4 is 15.7 Å². The van der Waals surface area contributed by atoms with Gasteiger partial charge in [-0.15, -0.1) is 0 Å². The molecule has 0 bridgehead atoms. The first-order valence-corrected chi connectivity index (χ1v) is 10.3. The van der Waals surface area contributed by atoms with E-state index in [1.54, 1.807) is 36.4 Å². The maximum atomic E-state index is 12.5. The summed E-state index contributed by atoms with van der Waals surface area (Å²) in [7, 11) is -3.52. The van der Waals surface area contributed by atoms with Crippen molar-refractivity contribution in [2.45, 2.75) is 49.3 Å². The second-order valence-electron chi connectivity index (χ2n) is 6.79. The van der Waals surface area contributed by atoms with Crippen LogP contribution in [0.1, 0.15) is 48.7 Å². The molecule has 1 amide bonds. The van der Waals surface area contributed by atoms with Gasteiger partial charge in [0.25, 0.3) is 5.91 Å². The zero-order valence-corrected chi connectivity index (χ0v) is 15.1. The average Bonchev–Trinajstić information content (AvgIpc) is 3.03. The Bertz CT molecular complexity index is 826. The van der Waals surface area contributed by atoms with Gasteiger partial charge >= 0.3 is 0 Å². The van der Waals surface area contributed by atoms with Crippen LogP contribution in [0.2, 0.25) is 0 Å². The lowest BCUT2D eigenvalue weighted by Crippen LogP contribution is -2.38. The van der Waals surface area contributed by atoms with E-state index in [1.165, 1.54) is 12.7 Å². The topological polar surface area (TPSA) is 76.4 Å². The van der Waals surface area contributed by atoms with Crippen LogP contribution < -0.4 is 5.32 Å². The highest BCUT2D eigenvalue weighted by atomic mass is 32.2. The molecule has 1 aromatic heterocycles. The number of benzene rings is 1. The predicted molar refractivity (Wildman–Crippen MR) is 94.9 cm³/mol. The Morgan fingerprint density at radius 2 is 1.96 bits per heavy atom. The summed E-state index contributed by atoms with van der Waals surface area (Å²) in [5.74, 6) is 0.103. The smallest absolute Gasteiger partial charge is 0.287 e. The molecule has 1 aliphatic rings. The van der Waals surface area contributed by atoms with Gasteiger partial charge in [-0.3, -0.25) is 4.79 Å². The van der Waals surface area contributed by atoms with E-state index < -0.39 is 9.84 Å². The molecule has 0 aliphatic heterocycles. The van der Waals surface area contributed by atoms with Crippen LogP contribution in [0.25, 0.3) is 0 Å². The van der Waals surface area contributed by atoms with Gasteiger partial charge in [0.2, 0.25) is 0 Å². The van der Waals surface area contributed by atoms with Gasteiger partial charge in [0, 0.05) is 11.6 Å². The minimum Gasteiger partial charge on any atom is -0.459 e. The molecule has 1 aliphatic carbocycles. The van der Waals surface area contributed by atoms with Crippen LogP contribution in [0.15, 0.2) is 52.0 Å². The van der Waals surface area contributed by atoms with E-state index in [4.69, 9.17) is 4.42 Å². The molecule has 134 valence electrons. The fourth-order valence-corrected chi connectivity index (χ4v) is 4.76. The number of carbonyl (C=O) groups is 1. The molecule has 25 heavy (non-hydrogen) atoms. The van der Waals surface area contributed by atoms with Crippen LogP contribution >= 0.6 is 0 Å². The Labute approximate surface area is 148 Å². The largest absolute Gasteiger partial charge is 0.459 e. The maximum absolute atomic E-state index is 12.5. The molecule has 1 aromatic carbocycles. The van der Waals surface area contributed by atoms with Gasteiger partial charge in [-0.2, -0.15) is 0 Å². The van der Waals surface area contributed by atoms with E-state index >= 15 is 0 Å². The normalized spacial score (nSPS) is 21.0. The number of hydrogen-bond donors (Lipinski definition) is 1. The molecule has 6 heteroatoms. The summed E-state index contributed by atoms with van der Waals surface area (Å²) < 4.78 is 30.4. The zero-order valence-electron chi connectivity index (χ0n) is 14.3.